The Morgan fingerprint density at radius 1 is 1.37 bits per heavy atom. The van der Waals surface area contributed by atoms with Gasteiger partial charge in [0.05, 0.1) is 6.26 Å². The van der Waals surface area contributed by atoms with Crippen LogP contribution in [0, 0.1) is 5.82 Å². The van der Waals surface area contributed by atoms with E-state index >= 15 is 0 Å². The molecule has 0 radical (unpaired) electrons. The van der Waals surface area contributed by atoms with E-state index in [0.717, 1.165) is 23.1 Å². The number of halogens is 2. The van der Waals surface area contributed by atoms with Gasteiger partial charge in [0.1, 0.15) is 11.6 Å². The number of rotatable bonds is 6. The van der Waals surface area contributed by atoms with Gasteiger partial charge < -0.3 is 4.42 Å². The second-order valence-electron chi connectivity index (χ2n) is 4.42. The maximum atomic E-state index is 13.7. The van der Waals surface area contributed by atoms with E-state index in [1.165, 1.54) is 6.07 Å². The first kappa shape index (κ1) is 14.2. The molecule has 102 valence electrons. The molecule has 0 fully saturated rings. The Balaban J connectivity index is 1.96. The Hall–Kier alpha value is -1.17. The van der Waals surface area contributed by atoms with Crippen LogP contribution in [0.4, 0.5) is 4.39 Å². The molecular weight excluding hydrogens is 311 g/mol. The van der Waals surface area contributed by atoms with Crippen LogP contribution in [0.15, 0.2) is 45.5 Å². The Morgan fingerprint density at radius 2 is 2.21 bits per heavy atom. The van der Waals surface area contributed by atoms with Gasteiger partial charge in [-0.1, -0.05) is 15.9 Å². The molecule has 1 unspecified atom stereocenters. The summed E-state index contributed by atoms with van der Waals surface area (Å²) < 4.78 is 19.8. The van der Waals surface area contributed by atoms with Gasteiger partial charge in [-0.3, -0.25) is 11.3 Å². The van der Waals surface area contributed by atoms with Gasteiger partial charge in [0.25, 0.3) is 0 Å². The first-order valence-corrected chi connectivity index (χ1v) is 6.91. The van der Waals surface area contributed by atoms with Gasteiger partial charge in [0.2, 0.25) is 0 Å². The van der Waals surface area contributed by atoms with Crippen molar-refractivity contribution in [2.75, 3.05) is 0 Å². The molecule has 0 amide bonds. The summed E-state index contributed by atoms with van der Waals surface area (Å²) in [5.74, 6) is 6.24. The molecule has 0 spiro atoms. The number of nitrogens with two attached hydrogens (primary N) is 1. The number of hydrogen-bond donors (Lipinski definition) is 2. The maximum Gasteiger partial charge on any atom is 0.126 e. The molecule has 0 aliphatic rings. The standard InChI is InChI=1S/C14H16BrFN2O/c15-11-3-6-14(16)10(8-11)9-12(18-17)4-5-13-2-1-7-19-13/h1-3,6-8,12,18H,4-5,9,17H2. The highest BCUT2D eigenvalue weighted by molar-refractivity contribution is 9.10. The molecule has 0 saturated heterocycles. The monoisotopic (exact) mass is 326 g/mol. The molecule has 0 aliphatic heterocycles. The highest BCUT2D eigenvalue weighted by atomic mass is 79.9. The van der Waals surface area contributed by atoms with Crippen LogP contribution in [0.1, 0.15) is 17.7 Å². The van der Waals surface area contributed by atoms with Crippen molar-refractivity contribution >= 4 is 15.9 Å². The van der Waals surface area contributed by atoms with E-state index in [1.54, 1.807) is 18.4 Å². The number of furan rings is 1. The number of aryl methyl sites for hydroxylation is 1. The fourth-order valence-corrected chi connectivity index (χ4v) is 2.39. The van der Waals surface area contributed by atoms with E-state index in [4.69, 9.17) is 10.3 Å². The molecule has 3 N–H and O–H groups in total. The number of benzene rings is 1. The number of hydrogen-bond acceptors (Lipinski definition) is 3. The Bertz CT molecular complexity index is 516. The molecule has 1 aromatic heterocycles. The van der Waals surface area contributed by atoms with E-state index in [1.807, 2.05) is 12.1 Å². The van der Waals surface area contributed by atoms with Crippen LogP contribution < -0.4 is 11.3 Å². The van der Waals surface area contributed by atoms with Gasteiger partial charge in [-0.15, -0.1) is 0 Å². The Kier molecular flexibility index (Phi) is 5.13. The lowest BCUT2D eigenvalue weighted by Crippen LogP contribution is -2.37. The quantitative estimate of drug-likeness (QED) is 0.633. The summed E-state index contributed by atoms with van der Waals surface area (Å²) in [5, 5.41) is 0. The predicted molar refractivity (Wildman–Crippen MR) is 75.9 cm³/mol. The minimum Gasteiger partial charge on any atom is -0.469 e. The molecule has 1 aromatic carbocycles. The molecule has 0 aliphatic carbocycles. The fourth-order valence-electron chi connectivity index (χ4n) is 1.98. The molecule has 3 nitrogen and oxygen atoms in total. The van der Waals surface area contributed by atoms with Crippen LogP contribution in [0.3, 0.4) is 0 Å². The third kappa shape index (κ3) is 4.16. The molecule has 5 heteroatoms. The molecule has 2 aromatic rings. The molecule has 1 atom stereocenters. The van der Waals surface area contributed by atoms with Gasteiger partial charge in [0, 0.05) is 16.9 Å². The summed E-state index contributed by atoms with van der Waals surface area (Å²) in [6, 6.07) is 8.72. The van der Waals surface area contributed by atoms with Crippen molar-refractivity contribution in [3.8, 4) is 0 Å². The summed E-state index contributed by atoms with van der Waals surface area (Å²) in [6.07, 6.45) is 3.75. The highest BCUT2D eigenvalue weighted by Crippen LogP contribution is 2.18. The normalized spacial score (nSPS) is 12.6. The molecule has 1 heterocycles. The second-order valence-corrected chi connectivity index (χ2v) is 5.34. The average Bonchev–Trinajstić information content (AvgIpc) is 2.91. The largest absolute Gasteiger partial charge is 0.469 e. The summed E-state index contributed by atoms with van der Waals surface area (Å²) >= 11 is 3.35. The van der Waals surface area contributed by atoms with Gasteiger partial charge in [-0.25, -0.2) is 4.39 Å². The summed E-state index contributed by atoms with van der Waals surface area (Å²) in [4.78, 5) is 0. The Morgan fingerprint density at radius 3 is 2.89 bits per heavy atom. The van der Waals surface area contributed by atoms with E-state index in [2.05, 4.69) is 21.4 Å². The first-order chi connectivity index (χ1) is 9.19. The van der Waals surface area contributed by atoms with E-state index in [-0.39, 0.29) is 11.9 Å². The number of nitrogens with one attached hydrogen (secondary N) is 1. The SMILES string of the molecule is NNC(CCc1ccco1)Cc1cc(Br)ccc1F. The number of hydrazine groups is 1. The van der Waals surface area contributed by atoms with Gasteiger partial charge in [-0.05, 0) is 48.7 Å². The van der Waals surface area contributed by atoms with Gasteiger partial charge in [0.15, 0.2) is 0 Å². The van der Waals surface area contributed by atoms with Crippen LogP contribution in [-0.2, 0) is 12.8 Å². The van der Waals surface area contributed by atoms with E-state index in [9.17, 15) is 4.39 Å². The van der Waals surface area contributed by atoms with E-state index in [0.29, 0.717) is 12.0 Å². The van der Waals surface area contributed by atoms with Crippen molar-refractivity contribution in [3.05, 3.63) is 58.2 Å². The maximum absolute atomic E-state index is 13.7. The van der Waals surface area contributed by atoms with Gasteiger partial charge in [-0.2, -0.15) is 0 Å². The van der Waals surface area contributed by atoms with Crippen molar-refractivity contribution in [1.82, 2.24) is 5.43 Å². The topological polar surface area (TPSA) is 51.2 Å². The zero-order valence-electron chi connectivity index (χ0n) is 10.4. The predicted octanol–water partition coefficient (Wildman–Crippen LogP) is 3.19. The van der Waals surface area contributed by atoms with Crippen molar-refractivity contribution in [2.45, 2.75) is 25.3 Å². The molecular formula is C14H16BrFN2O. The second kappa shape index (κ2) is 6.84. The van der Waals surface area contributed by atoms with Crippen LogP contribution in [0.25, 0.3) is 0 Å². The zero-order valence-corrected chi connectivity index (χ0v) is 12.0. The summed E-state index contributed by atoms with van der Waals surface area (Å²) in [5.41, 5.74) is 3.39. The molecule has 2 rings (SSSR count). The van der Waals surface area contributed by atoms with Gasteiger partial charge >= 0.3 is 0 Å². The van der Waals surface area contributed by atoms with Crippen LogP contribution in [-0.4, -0.2) is 6.04 Å². The lowest BCUT2D eigenvalue weighted by molar-refractivity contribution is 0.443. The van der Waals surface area contributed by atoms with Crippen molar-refractivity contribution in [2.24, 2.45) is 5.84 Å². The molecule has 19 heavy (non-hydrogen) atoms. The lowest BCUT2D eigenvalue weighted by Gasteiger charge is -2.16. The van der Waals surface area contributed by atoms with Crippen LogP contribution in [0.2, 0.25) is 0 Å². The third-order valence-electron chi connectivity index (χ3n) is 3.03. The minimum atomic E-state index is -0.207. The average molecular weight is 327 g/mol. The fraction of sp³-hybridized carbons (Fsp3) is 0.286. The van der Waals surface area contributed by atoms with Crippen molar-refractivity contribution in [1.29, 1.82) is 0 Å². The van der Waals surface area contributed by atoms with E-state index < -0.39 is 0 Å². The summed E-state index contributed by atoms with van der Waals surface area (Å²) in [6.45, 7) is 0. The highest BCUT2D eigenvalue weighted by Gasteiger charge is 2.12. The first-order valence-electron chi connectivity index (χ1n) is 6.11. The molecule has 0 bridgehead atoms. The van der Waals surface area contributed by atoms with Crippen molar-refractivity contribution in [3.63, 3.8) is 0 Å². The van der Waals surface area contributed by atoms with Crippen LogP contribution >= 0.6 is 15.9 Å². The van der Waals surface area contributed by atoms with Crippen LogP contribution in [0.5, 0.6) is 0 Å². The zero-order chi connectivity index (χ0) is 13.7. The minimum absolute atomic E-state index is 0.00824. The lowest BCUT2D eigenvalue weighted by atomic mass is 10.0. The van der Waals surface area contributed by atoms with Crippen molar-refractivity contribution < 1.29 is 8.81 Å². The Labute approximate surface area is 120 Å². The summed E-state index contributed by atoms with van der Waals surface area (Å²) in [7, 11) is 0. The molecule has 0 saturated carbocycles. The smallest absolute Gasteiger partial charge is 0.126 e. The third-order valence-corrected chi connectivity index (χ3v) is 3.52.